The Bertz CT molecular complexity index is 849. The highest BCUT2D eigenvalue weighted by atomic mass is 19.1. The van der Waals surface area contributed by atoms with Crippen LogP contribution < -0.4 is 0 Å². The fourth-order valence-corrected chi connectivity index (χ4v) is 2.33. The lowest BCUT2D eigenvalue weighted by atomic mass is 10.1. The van der Waals surface area contributed by atoms with Crippen molar-refractivity contribution in [1.29, 1.82) is 0 Å². The summed E-state index contributed by atoms with van der Waals surface area (Å²) in [6.45, 7) is 6.11. The number of hydrogen-bond acceptors (Lipinski definition) is 3. The van der Waals surface area contributed by atoms with Crippen LogP contribution in [0.25, 0.3) is 5.65 Å². The van der Waals surface area contributed by atoms with Crippen molar-refractivity contribution in [2.75, 3.05) is 0 Å². The molecule has 0 saturated carbocycles. The highest BCUT2D eigenvalue weighted by Crippen LogP contribution is 2.30. The van der Waals surface area contributed by atoms with Crippen molar-refractivity contribution in [2.45, 2.75) is 26.7 Å². The number of aryl methyl sites for hydroxylation is 1. The molecule has 0 bridgehead atoms. The molecule has 0 aliphatic carbocycles. The van der Waals surface area contributed by atoms with Crippen LogP contribution in [0.2, 0.25) is 0 Å². The number of fused-ring (bicyclic) bond motifs is 1. The molecule has 2 heterocycles. The first-order chi connectivity index (χ1) is 10.6. The Morgan fingerprint density at radius 1 is 1.09 bits per heavy atom. The number of benzene rings is 1. The van der Waals surface area contributed by atoms with Gasteiger partial charge in [-0.05, 0) is 36.6 Å². The fraction of sp³-hybridized carbons (Fsp3) is 0.235. The maximum absolute atomic E-state index is 13.7. The second-order valence-electron chi connectivity index (χ2n) is 5.51. The summed E-state index contributed by atoms with van der Waals surface area (Å²) in [5.41, 5.74) is 3.00. The van der Waals surface area contributed by atoms with E-state index < -0.39 is 0 Å². The Kier molecular flexibility index (Phi) is 3.71. The first-order valence-electron chi connectivity index (χ1n) is 7.21. The van der Waals surface area contributed by atoms with Crippen LogP contribution in [0.4, 0.5) is 15.9 Å². The van der Waals surface area contributed by atoms with E-state index >= 15 is 0 Å². The van der Waals surface area contributed by atoms with Gasteiger partial charge in [0.25, 0.3) is 0 Å². The number of aromatic nitrogens is 2. The van der Waals surface area contributed by atoms with E-state index in [1.54, 1.807) is 18.2 Å². The quantitative estimate of drug-likeness (QED) is 0.603. The molecule has 3 aromatic rings. The smallest absolute Gasteiger partial charge is 0.183 e. The van der Waals surface area contributed by atoms with Crippen molar-refractivity contribution < 1.29 is 4.39 Å². The molecule has 4 nitrogen and oxygen atoms in total. The van der Waals surface area contributed by atoms with Gasteiger partial charge in [-0.3, -0.25) is 4.40 Å². The minimum Gasteiger partial charge on any atom is -0.283 e. The number of pyridine rings is 1. The first-order valence-corrected chi connectivity index (χ1v) is 7.21. The second kappa shape index (κ2) is 5.67. The van der Waals surface area contributed by atoms with Crippen molar-refractivity contribution in [3.8, 4) is 0 Å². The average Bonchev–Trinajstić information content (AvgIpc) is 2.87. The average molecular weight is 296 g/mol. The molecule has 0 fully saturated rings. The van der Waals surface area contributed by atoms with Gasteiger partial charge >= 0.3 is 0 Å². The Morgan fingerprint density at radius 3 is 2.59 bits per heavy atom. The molecule has 0 aliphatic rings. The zero-order valence-corrected chi connectivity index (χ0v) is 12.8. The molecule has 0 aliphatic heterocycles. The van der Waals surface area contributed by atoms with Gasteiger partial charge in [-0.1, -0.05) is 32.0 Å². The van der Waals surface area contributed by atoms with E-state index in [1.807, 2.05) is 29.7 Å². The van der Waals surface area contributed by atoms with E-state index in [0.717, 1.165) is 16.9 Å². The van der Waals surface area contributed by atoms with Gasteiger partial charge in [-0.2, -0.15) is 0 Å². The van der Waals surface area contributed by atoms with Gasteiger partial charge in [-0.25, -0.2) is 9.37 Å². The topological polar surface area (TPSA) is 42.0 Å². The molecule has 2 aromatic heterocycles. The van der Waals surface area contributed by atoms with Gasteiger partial charge in [0, 0.05) is 6.20 Å². The summed E-state index contributed by atoms with van der Waals surface area (Å²) in [5.74, 6) is 0.466. The van der Waals surface area contributed by atoms with E-state index in [-0.39, 0.29) is 17.4 Å². The molecule has 5 heteroatoms. The van der Waals surface area contributed by atoms with Crippen molar-refractivity contribution in [1.82, 2.24) is 9.38 Å². The lowest BCUT2D eigenvalue weighted by Gasteiger charge is -2.02. The monoisotopic (exact) mass is 296 g/mol. The highest BCUT2D eigenvalue weighted by molar-refractivity contribution is 5.57. The molecule has 0 radical (unpaired) electrons. The van der Waals surface area contributed by atoms with Crippen LogP contribution in [-0.2, 0) is 0 Å². The van der Waals surface area contributed by atoms with Crippen LogP contribution in [0, 0.1) is 12.7 Å². The zero-order chi connectivity index (χ0) is 15.7. The molecule has 3 rings (SSSR count). The number of rotatable bonds is 3. The van der Waals surface area contributed by atoms with Crippen LogP contribution in [0.15, 0.2) is 52.8 Å². The minimum atomic E-state index is -0.387. The Morgan fingerprint density at radius 2 is 1.86 bits per heavy atom. The van der Waals surface area contributed by atoms with Crippen LogP contribution >= 0.6 is 0 Å². The number of nitrogens with zero attached hydrogens (tertiary/aromatic N) is 4. The molecular weight excluding hydrogens is 279 g/mol. The molecule has 0 atom stereocenters. The van der Waals surface area contributed by atoms with E-state index in [9.17, 15) is 4.39 Å². The van der Waals surface area contributed by atoms with Gasteiger partial charge in [0.05, 0.1) is 5.69 Å². The largest absolute Gasteiger partial charge is 0.283 e. The van der Waals surface area contributed by atoms with E-state index in [0.29, 0.717) is 5.82 Å². The van der Waals surface area contributed by atoms with Crippen LogP contribution in [0.1, 0.15) is 31.0 Å². The molecule has 0 amide bonds. The number of halogens is 1. The summed E-state index contributed by atoms with van der Waals surface area (Å²) in [6.07, 6.45) is 1.90. The van der Waals surface area contributed by atoms with Gasteiger partial charge < -0.3 is 0 Å². The molecular formula is C17H17FN4. The summed E-state index contributed by atoms with van der Waals surface area (Å²) in [5, 5.41) is 8.33. The number of hydrogen-bond donors (Lipinski definition) is 0. The molecule has 1 aromatic carbocycles. The third kappa shape index (κ3) is 2.50. The van der Waals surface area contributed by atoms with Crippen molar-refractivity contribution >= 4 is 17.2 Å². The van der Waals surface area contributed by atoms with Crippen molar-refractivity contribution in [3.05, 3.63) is 59.7 Å². The van der Waals surface area contributed by atoms with Crippen LogP contribution in [0.3, 0.4) is 0 Å². The molecule has 0 saturated heterocycles. The minimum absolute atomic E-state index is 0.203. The predicted octanol–water partition coefficient (Wildman–Crippen LogP) is 5.32. The van der Waals surface area contributed by atoms with Gasteiger partial charge in [0.2, 0.25) is 0 Å². The summed E-state index contributed by atoms with van der Waals surface area (Å²) < 4.78 is 15.6. The maximum Gasteiger partial charge on any atom is 0.183 e. The summed E-state index contributed by atoms with van der Waals surface area (Å²) >= 11 is 0. The first kappa shape index (κ1) is 14.4. The molecule has 22 heavy (non-hydrogen) atoms. The summed E-state index contributed by atoms with van der Waals surface area (Å²) in [4.78, 5) is 4.66. The maximum atomic E-state index is 13.7. The fourth-order valence-electron chi connectivity index (χ4n) is 2.33. The third-order valence-corrected chi connectivity index (χ3v) is 3.50. The van der Waals surface area contributed by atoms with Gasteiger partial charge in [0.1, 0.15) is 11.3 Å². The second-order valence-corrected chi connectivity index (χ2v) is 5.51. The zero-order valence-electron chi connectivity index (χ0n) is 12.8. The third-order valence-electron chi connectivity index (χ3n) is 3.50. The van der Waals surface area contributed by atoms with Crippen molar-refractivity contribution in [2.24, 2.45) is 10.2 Å². The van der Waals surface area contributed by atoms with E-state index in [1.165, 1.54) is 6.07 Å². The Hall–Kier alpha value is -2.56. The molecule has 0 spiro atoms. The standard InChI is InChI=1S/C17H17FN4/c1-11(2)15-17(21-20-14-9-5-4-8-13(14)18)22-10-6-7-12(3)16(22)19-15/h4-11H,1-3H3. The molecule has 0 N–H and O–H groups in total. The highest BCUT2D eigenvalue weighted by Gasteiger charge is 2.16. The lowest BCUT2D eigenvalue weighted by molar-refractivity contribution is 0.628. The van der Waals surface area contributed by atoms with Gasteiger partial charge in [-0.15, -0.1) is 10.2 Å². The Balaban J connectivity index is 2.15. The van der Waals surface area contributed by atoms with Crippen LogP contribution in [-0.4, -0.2) is 9.38 Å². The Labute approximate surface area is 128 Å². The normalized spacial score (nSPS) is 11.9. The number of azo groups is 1. The number of imidazole rings is 1. The van der Waals surface area contributed by atoms with E-state index in [2.05, 4.69) is 29.1 Å². The lowest BCUT2D eigenvalue weighted by Crippen LogP contribution is -1.87. The summed E-state index contributed by atoms with van der Waals surface area (Å²) in [7, 11) is 0. The SMILES string of the molecule is Cc1cccn2c(N=Nc3ccccc3F)c(C(C)C)nc12. The van der Waals surface area contributed by atoms with Gasteiger partial charge in [0.15, 0.2) is 11.6 Å². The van der Waals surface area contributed by atoms with Crippen LogP contribution in [0.5, 0.6) is 0 Å². The van der Waals surface area contributed by atoms with Crippen molar-refractivity contribution in [3.63, 3.8) is 0 Å². The molecule has 0 unspecified atom stereocenters. The summed E-state index contributed by atoms with van der Waals surface area (Å²) in [6, 6.07) is 10.3. The predicted molar refractivity (Wildman–Crippen MR) is 84.6 cm³/mol. The van der Waals surface area contributed by atoms with E-state index in [4.69, 9.17) is 0 Å². The molecule has 112 valence electrons.